The molecule has 2 fully saturated rings. The van der Waals surface area contributed by atoms with Crippen molar-refractivity contribution in [2.75, 3.05) is 51.9 Å². The SMILES string of the molecule is COc1ccc(C2(C(=O)Nc3ccc(OCCCN4CCCC4)cc3)CCOCC2)cc1. The van der Waals surface area contributed by atoms with Gasteiger partial charge in [-0.15, -0.1) is 0 Å². The molecular weight excluding hydrogens is 404 g/mol. The maximum atomic E-state index is 13.4. The van der Waals surface area contributed by atoms with Crippen molar-refractivity contribution >= 4 is 11.6 Å². The van der Waals surface area contributed by atoms with E-state index in [1.54, 1.807) is 7.11 Å². The monoisotopic (exact) mass is 438 g/mol. The molecule has 0 saturated carbocycles. The Hall–Kier alpha value is -2.57. The predicted octanol–water partition coefficient (Wildman–Crippen LogP) is 4.25. The predicted molar refractivity (Wildman–Crippen MR) is 126 cm³/mol. The molecule has 0 aromatic heterocycles. The Morgan fingerprint density at radius 3 is 2.31 bits per heavy atom. The highest BCUT2D eigenvalue weighted by molar-refractivity contribution is 5.99. The van der Waals surface area contributed by atoms with E-state index in [9.17, 15) is 4.79 Å². The van der Waals surface area contributed by atoms with Crippen LogP contribution in [0, 0.1) is 0 Å². The molecule has 32 heavy (non-hydrogen) atoms. The molecule has 0 spiro atoms. The van der Waals surface area contributed by atoms with Crippen molar-refractivity contribution in [2.24, 2.45) is 0 Å². The quantitative estimate of drug-likeness (QED) is 0.593. The second kappa shape index (κ2) is 10.8. The third kappa shape index (κ3) is 5.43. The standard InChI is InChI=1S/C26H34N2O4/c1-30-23-9-5-21(6-10-23)26(13-19-31-20-14-26)25(29)27-22-7-11-24(12-8-22)32-18-4-17-28-15-2-3-16-28/h5-12H,2-4,13-20H2,1H3,(H,27,29). The van der Waals surface area contributed by atoms with Crippen molar-refractivity contribution in [1.82, 2.24) is 4.90 Å². The van der Waals surface area contributed by atoms with Crippen molar-refractivity contribution in [3.05, 3.63) is 54.1 Å². The first-order chi connectivity index (χ1) is 15.7. The second-order valence-electron chi connectivity index (χ2n) is 8.65. The molecule has 0 unspecified atom stereocenters. The normalized spacial score (nSPS) is 18.3. The summed E-state index contributed by atoms with van der Waals surface area (Å²) in [7, 11) is 1.65. The smallest absolute Gasteiger partial charge is 0.235 e. The summed E-state index contributed by atoms with van der Waals surface area (Å²) in [6.45, 7) is 5.40. The van der Waals surface area contributed by atoms with Crippen molar-refractivity contribution in [3.8, 4) is 11.5 Å². The van der Waals surface area contributed by atoms with E-state index in [0.29, 0.717) is 32.7 Å². The summed E-state index contributed by atoms with van der Waals surface area (Å²) < 4.78 is 16.7. The number of likely N-dealkylation sites (tertiary alicyclic amines) is 1. The van der Waals surface area contributed by atoms with Crippen molar-refractivity contribution < 1.29 is 19.0 Å². The van der Waals surface area contributed by atoms with Gasteiger partial charge in [0.1, 0.15) is 11.5 Å². The van der Waals surface area contributed by atoms with Crippen LogP contribution in [0.25, 0.3) is 0 Å². The van der Waals surface area contributed by atoms with Crippen LogP contribution in [0.15, 0.2) is 48.5 Å². The minimum atomic E-state index is -0.602. The molecule has 2 aromatic carbocycles. The first-order valence-corrected chi connectivity index (χ1v) is 11.7. The van der Waals surface area contributed by atoms with Crippen molar-refractivity contribution in [1.29, 1.82) is 0 Å². The number of amides is 1. The highest BCUT2D eigenvalue weighted by Gasteiger charge is 2.41. The lowest BCUT2D eigenvalue weighted by Gasteiger charge is -2.36. The van der Waals surface area contributed by atoms with Gasteiger partial charge in [0.2, 0.25) is 5.91 Å². The molecule has 172 valence electrons. The molecular formula is C26H34N2O4. The van der Waals surface area contributed by atoms with E-state index >= 15 is 0 Å². The molecule has 0 aliphatic carbocycles. The summed E-state index contributed by atoms with van der Waals surface area (Å²) in [6.07, 6.45) is 4.99. The summed E-state index contributed by atoms with van der Waals surface area (Å²) in [5.41, 5.74) is 1.17. The van der Waals surface area contributed by atoms with Gasteiger partial charge >= 0.3 is 0 Å². The van der Waals surface area contributed by atoms with Crippen LogP contribution in [0.1, 0.15) is 37.7 Å². The minimum absolute atomic E-state index is 0.00486. The molecule has 2 aromatic rings. The number of carbonyl (C=O) groups excluding carboxylic acids is 1. The maximum absolute atomic E-state index is 13.4. The summed E-state index contributed by atoms with van der Waals surface area (Å²) in [5, 5.41) is 3.12. The zero-order valence-corrected chi connectivity index (χ0v) is 19.0. The molecule has 4 rings (SSSR count). The van der Waals surface area contributed by atoms with Crippen LogP contribution in [-0.2, 0) is 14.9 Å². The van der Waals surface area contributed by atoms with Gasteiger partial charge in [-0.1, -0.05) is 12.1 Å². The molecule has 2 heterocycles. The number of anilines is 1. The number of methoxy groups -OCH3 is 1. The Kier molecular flexibility index (Phi) is 7.66. The van der Waals surface area contributed by atoms with Gasteiger partial charge in [0.05, 0.1) is 19.1 Å². The molecule has 6 heteroatoms. The number of carbonyl (C=O) groups is 1. The molecule has 0 bridgehead atoms. The fourth-order valence-corrected chi connectivity index (χ4v) is 4.65. The van der Waals surface area contributed by atoms with Crippen molar-refractivity contribution in [2.45, 2.75) is 37.5 Å². The van der Waals surface area contributed by atoms with Crippen molar-refractivity contribution in [3.63, 3.8) is 0 Å². The lowest BCUT2D eigenvalue weighted by Crippen LogP contribution is -2.44. The number of nitrogens with zero attached hydrogens (tertiary/aromatic N) is 1. The van der Waals surface area contributed by atoms with Crippen LogP contribution < -0.4 is 14.8 Å². The van der Waals surface area contributed by atoms with E-state index in [4.69, 9.17) is 14.2 Å². The van der Waals surface area contributed by atoms with E-state index in [-0.39, 0.29) is 5.91 Å². The molecule has 0 radical (unpaired) electrons. The fourth-order valence-electron chi connectivity index (χ4n) is 4.65. The number of rotatable bonds is 9. The first kappa shape index (κ1) is 22.6. The summed E-state index contributed by atoms with van der Waals surface area (Å²) in [4.78, 5) is 15.9. The third-order valence-corrected chi connectivity index (χ3v) is 6.62. The average molecular weight is 439 g/mol. The van der Waals surface area contributed by atoms with Gasteiger partial charge in [-0.2, -0.15) is 0 Å². The lowest BCUT2D eigenvalue weighted by atomic mass is 9.73. The Morgan fingerprint density at radius 1 is 1.00 bits per heavy atom. The molecule has 1 N–H and O–H groups in total. The topological polar surface area (TPSA) is 60.0 Å². The lowest BCUT2D eigenvalue weighted by molar-refractivity contribution is -0.125. The highest BCUT2D eigenvalue weighted by Crippen LogP contribution is 2.37. The minimum Gasteiger partial charge on any atom is -0.497 e. The molecule has 0 atom stereocenters. The summed E-state index contributed by atoms with van der Waals surface area (Å²) in [5.74, 6) is 1.62. The Bertz CT molecular complexity index is 854. The van der Waals surface area contributed by atoms with Gasteiger partial charge in [-0.05, 0) is 87.2 Å². The van der Waals surface area contributed by atoms with Gasteiger partial charge in [-0.25, -0.2) is 0 Å². The molecule has 2 aliphatic rings. The molecule has 2 aliphatic heterocycles. The number of benzene rings is 2. The van der Waals surface area contributed by atoms with Crippen LogP contribution in [-0.4, -0.2) is 57.4 Å². The molecule has 6 nitrogen and oxygen atoms in total. The Balaban J connectivity index is 1.35. The zero-order valence-electron chi connectivity index (χ0n) is 19.0. The van der Waals surface area contributed by atoms with Gasteiger partial charge < -0.3 is 24.4 Å². The van der Waals surface area contributed by atoms with E-state index in [1.165, 1.54) is 25.9 Å². The van der Waals surface area contributed by atoms with Crippen LogP contribution in [0.3, 0.4) is 0 Å². The number of hydrogen-bond acceptors (Lipinski definition) is 5. The number of nitrogens with one attached hydrogen (secondary N) is 1. The molecule has 1 amide bonds. The zero-order chi connectivity index (χ0) is 22.2. The average Bonchev–Trinajstić information content (AvgIpc) is 3.37. The van der Waals surface area contributed by atoms with Crippen LogP contribution in [0.5, 0.6) is 11.5 Å². The number of ether oxygens (including phenoxy) is 3. The summed E-state index contributed by atoms with van der Waals surface area (Å²) in [6, 6.07) is 15.5. The van der Waals surface area contributed by atoms with Gasteiger partial charge in [0.15, 0.2) is 0 Å². The fraction of sp³-hybridized carbons (Fsp3) is 0.500. The van der Waals surface area contributed by atoms with E-state index in [1.807, 2.05) is 48.5 Å². The Labute approximate surface area is 190 Å². The van der Waals surface area contributed by atoms with Gasteiger partial charge in [0.25, 0.3) is 0 Å². The van der Waals surface area contributed by atoms with Crippen LogP contribution in [0.4, 0.5) is 5.69 Å². The summed E-state index contributed by atoms with van der Waals surface area (Å²) >= 11 is 0. The van der Waals surface area contributed by atoms with Crippen LogP contribution in [0.2, 0.25) is 0 Å². The molecule has 2 saturated heterocycles. The largest absolute Gasteiger partial charge is 0.497 e. The van der Waals surface area contributed by atoms with Gasteiger partial charge in [-0.3, -0.25) is 4.79 Å². The maximum Gasteiger partial charge on any atom is 0.235 e. The highest BCUT2D eigenvalue weighted by atomic mass is 16.5. The van der Waals surface area contributed by atoms with E-state index in [2.05, 4.69) is 10.2 Å². The van der Waals surface area contributed by atoms with E-state index < -0.39 is 5.41 Å². The number of hydrogen-bond donors (Lipinski definition) is 1. The Morgan fingerprint density at radius 2 is 1.66 bits per heavy atom. The third-order valence-electron chi connectivity index (χ3n) is 6.62. The van der Waals surface area contributed by atoms with Crippen LogP contribution >= 0.6 is 0 Å². The van der Waals surface area contributed by atoms with E-state index in [0.717, 1.165) is 35.7 Å². The first-order valence-electron chi connectivity index (χ1n) is 11.7. The second-order valence-corrected chi connectivity index (χ2v) is 8.65. The van der Waals surface area contributed by atoms with Gasteiger partial charge in [0, 0.05) is 25.4 Å².